The summed E-state index contributed by atoms with van der Waals surface area (Å²) in [4.78, 5) is 11.9. The molecule has 4 nitrogen and oxygen atoms in total. The van der Waals surface area contributed by atoms with Gasteiger partial charge >= 0.3 is 0 Å². The van der Waals surface area contributed by atoms with Gasteiger partial charge in [-0.15, -0.1) is 0 Å². The van der Waals surface area contributed by atoms with Crippen LogP contribution in [0.25, 0.3) is 0 Å². The minimum absolute atomic E-state index is 0.122. The molecule has 0 saturated carbocycles. The predicted octanol–water partition coefficient (Wildman–Crippen LogP) is 0.368. The van der Waals surface area contributed by atoms with Crippen molar-refractivity contribution < 1.29 is 9.90 Å². The molecule has 17 heavy (non-hydrogen) atoms. The van der Waals surface area contributed by atoms with Crippen LogP contribution in [0.15, 0.2) is 18.2 Å². The van der Waals surface area contributed by atoms with E-state index in [1.807, 2.05) is 32.0 Å². The maximum atomic E-state index is 11.9. The number of hydrogen-bond acceptors (Lipinski definition) is 3. The van der Waals surface area contributed by atoms with E-state index in [0.29, 0.717) is 25.2 Å². The summed E-state index contributed by atoms with van der Waals surface area (Å²) >= 11 is 0. The number of carbonyl (C=O) groups is 1. The summed E-state index contributed by atoms with van der Waals surface area (Å²) in [7, 11) is 0. The molecule has 1 aromatic carbocycles. The summed E-state index contributed by atoms with van der Waals surface area (Å²) in [5.74, 6) is -0.122. The molecule has 1 aliphatic heterocycles. The molecule has 1 amide bonds. The third-order valence-corrected chi connectivity index (χ3v) is 3.11. The number of nitrogens with one attached hydrogen (secondary N) is 2. The van der Waals surface area contributed by atoms with Gasteiger partial charge in [0.15, 0.2) is 0 Å². The quantitative estimate of drug-likeness (QED) is 0.708. The van der Waals surface area contributed by atoms with Crippen LogP contribution in [-0.2, 0) is 0 Å². The van der Waals surface area contributed by atoms with Gasteiger partial charge in [-0.1, -0.05) is 17.7 Å². The van der Waals surface area contributed by atoms with E-state index in [1.54, 1.807) is 0 Å². The van der Waals surface area contributed by atoms with Gasteiger partial charge in [0.05, 0.1) is 0 Å². The Balaban J connectivity index is 1.99. The van der Waals surface area contributed by atoms with Gasteiger partial charge in [0.1, 0.15) is 5.60 Å². The summed E-state index contributed by atoms with van der Waals surface area (Å²) < 4.78 is 0. The van der Waals surface area contributed by atoms with Crippen LogP contribution in [0, 0.1) is 13.8 Å². The monoisotopic (exact) mass is 234 g/mol. The molecule has 0 radical (unpaired) electrons. The highest BCUT2D eigenvalue weighted by molar-refractivity contribution is 5.95. The Morgan fingerprint density at radius 3 is 2.71 bits per heavy atom. The molecule has 1 fully saturated rings. The number of aliphatic hydroxyl groups is 1. The molecule has 0 unspecified atom stereocenters. The smallest absolute Gasteiger partial charge is 0.251 e. The van der Waals surface area contributed by atoms with Gasteiger partial charge in [0, 0.05) is 25.2 Å². The number of amides is 1. The van der Waals surface area contributed by atoms with E-state index in [9.17, 15) is 9.90 Å². The number of β-amino-alcohol motifs (C(OH)–C–C–N with tert-alkyl or cyclic N) is 1. The van der Waals surface area contributed by atoms with E-state index < -0.39 is 5.60 Å². The van der Waals surface area contributed by atoms with E-state index in [-0.39, 0.29) is 5.91 Å². The van der Waals surface area contributed by atoms with Crippen LogP contribution in [0.1, 0.15) is 21.5 Å². The van der Waals surface area contributed by atoms with Gasteiger partial charge in [-0.3, -0.25) is 4.79 Å². The summed E-state index contributed by atoms with van der Waals surface area (Å²) in [6.45, 7) is 5.30. The van der Waals surface area contributed by atoms with Crippen molar-refractivity contribution in [3.8, 4) is 0 Å². The first kappa shape index (κ1) is 12.1. The van der Waals surface area contributed by atoms with Gasteiger partial charge in [-0.2, -0.15) is 0 Å². The van der Waals surface area contributed by atoms with E-state index in [4.69, 9.17) is 0 Å². The van der Waals surface area contributed by atoms with E-state index in [1.165, 1.54) is 0 Å². The van der Waals surface area contributed by atoms with Crippen molar-refractivity contribution in [3.05, 3.63) is 34.9 Å². The van der Waals surface area contributed by atoms with E-state index in [0.717, 1.165) is 11.1 Å². The maximum absolute atomic E-state index is 11.9. The first-order valence-electron chi connectivity index (χ1n) is 5.79. The van der Waals surface area contributed by atoms with Crippen molar-refractivity contribution >= 4 is 5.91 Å². The van der Waals surface area contributed by atoms with Crippen LogP contribution in [0.3, 0.4) is 0 Å². The highest BCUT2D eigenvalue weighted by Crippen LogP contribution is 2.12. The first-order valence-corrected chi connectivity index (χ1v) is 5.79. The Labute approximate surface area is 101 Å². The van der Waals surface area contributed by atoms with Crippen LogP contribution in [-0.4, -0.2) is 36.2 Å². The number of benzene rings is 1. The second-order valence-corrected chi connectivity index (χ2v) is 4.83. The van der Waals surface area contributed by atoms with Crippen LogP contribution >= 0.6 is 0 Å². The number of hydrogen-bond donors (Lipinski definition) is 3. The molecule has 1 aromatic rings. The molecular formula is C13H18N2O2. The Kier molecular flexibility index (Phi) is 3.17. The first-order chi connectivity index (χ1) is 8.00. The molecule has 0 aromatic heterocycles. The lowest BCUT2D eigenvalue weighted by molar-refractivity contribution is -0.00760. The minimum atomic E-state index is -0.770. The maximum Gasteiger partial charge on any atom is 0.251 e. The minimum Gasteiger partial charge on any atom is -0.385 e. The zero-order chi connectivity index (χ0) is 12.5. The lowest BCUT2D eigenvalue weighted by Crippen LogP contribution is -2.64. The molecule has 92 valence electrons. The largest absolute Gasteiger partial charge is 0.385 e. The highest BCUT2D eigenvalue weighted by Gasteiger charge is 2.34. The molecule has 0 atom stereocenters. The van der Waals surface area contributed by atoms with Gasteiger partial charge < -0.3 is 15.7 Å². The summed E-state index contributed by atoms with van der Waals surface area (Å²) in [6.07, 6.45) is 0. The fourth-order valence-electron chi connectivity index (χ4n) is 1.95. The summed E-state index contributed by atoms with van der Waals surface area (Å²) in [5.41, 5.74) is 2.00. The van der Waals surface area contributed by atoms with E-state index in [2.05, 4.69) is 10.6 Å². The average molecular weight is 234 g/mol. The molecule has 1 aliphatic rings. The van der Waals surface area contributed by atoms with Crippen LogP contribution < -0.4 is 10.6 Å². The molecule has 2 rings (SSSR count). The Morgan fingerprint density at radius 1 is 1.47 bits per heavy atom. The molecule has 0 bridgehead atoms. The van der Waals surface area contributed by atoms with Crippen LogP contribution in [0.2, 0.25) is 0 Å². The molecule has 4 heteroatoms. The van der Waals surface area contributed by atoms with Gasteiger partial charge in [0.25, 0.3) is 5.91 Å². The average Bonchev–Trinajstić information content (AvgIpc) is 2.23. The molecule has 1 saturated heterocycles. The van der Waals surface area contributed by atoms with Gasteiger partial charge in [0.2, 0.25) is 0 Å². The number of rotatable bonds is 3. The van der Waals surface area contributed by atoms with E-state index >= 15 is 0 Å². The predicted molar refractivity (Wildman–Crippen MR) is 66.1 cm³/mol. The third kappa shape index (κ3) is 2.65. The molecule has 1 heterocycles. The third-order valence-electron chi connectivity index (χ3n) is 3.11. The second kappa shape index (κ2) is 4.47. The number of carbonyl (C=O) groups excluding carboxylic acids is 1. The Hall–Kier alpha value is -1.39. The fraction of sp³-hybridized carbons (Fsp3) is 0.462. The molecule has 0 spiro atoms. The molecule has 3 N–H and O–H groups in total. The normalized spacial score (nSPS) is 17.4. The second-order valence-electron chi connectivity index (χ2n) is 4.83. The molecule has 0 aliphatic carbocycles. The fourth-order valence-corrected chi connectivity index (χ4v) is 1.95. The summed E-state index contributed by atoms with van der Waals surface area (Å²) in [5, 5.41) is 15.6. The highest BCUT2D eigenvalue weighted by atomic mass is 16.3. The van der Waals surface area contributed by atoms with Gasteiger partial charge in [-0.25, -0.2) is 0 Å². The van der Waals surface area contributed by atoms with Crippen LogP contribution in [0.5, 0.6) is 0 Å². The van der Waals surface area contributed by atoms with Crippen molar-refractivity contribution in [1.29, 1.82) is 0 Å². The topological polar surface area (TPSA) is 61.4 Å². The summed E-state index contributed by atoms with van der Waals surface area (Å²) in [6, 6.07) is 5.72. The van der Waals surface area contributed by atoms with Crippen molar-refractivity contribution in [2.24, 2.45) is 0 Å². The Bertz CT molecular complexity index is 439. The standard InChI is InChI=1S/C13H18N2O2/c1-9-3-4-11(10(2)5-9)12(16)15-8-13(17)6-14-7-13/h3-5,14,17H,6-8H2,1-2H3,(H,15,16). The van der Waals surface area contributed by atoms with Crippen molar-refractivity contribution in [2.75, 3.05) is 19.6 Å². The lowest BCUT2D eigenvalue weighted by Gasteiger charge is -2.37. The zero-order valence-electron chi connectivity index (χ0n) is 10.2. The van der Waals surface area contributed by atoms with Crippen molar-refractivity contribution in [3.63, 3.8) is 0 Å². The lowest BCUT2D eigenvalue weighted by atomic mass is 9.97. The zero-order valence-corrected chi connectivity index (χ0v) is 10.2. The van der Waals surface area contributed by atoms with Crippen molar-refractivity contribution in [2.45, 2.75) is 19.4 Å². The van der Waals surface area contributed by atoms with Gasteiger partial charge in [-0.05, 0) is 25.5 Å². The van der Waals surface area contributed by atoms with Crippen LogP contribution in [0.4, 0.5) is 0 Å². The molecular weight excluding hydrogens is 216 g/mol. The SMILES string of the molecule is Cc1ccc(C(=O)NCC2(O)CNC2)c(C)c1. The number of aryl methyl sites for hydroxylation is 2. The van der Waals surface area contributed by atoms with Crippen molar-refractivity contribution in [1.82, 2.24) is 10.6 Å². The Morgan fingerprint density at radius 2 is 2.18 bits per heavy atom.